The van der Waals surface area contributed by atoms with E-state index in [2.05, 4.69) is 4.90 Å². The van der Waals surface area contributed by atoms with Gasteiger partial charge in [0, 0.05) is 58.3 Å². The molecule has 176 valence electrons. The summed E-state index contributed by atoms with van der Waals surface area (Å²) in [5.41, 5.74) is 0.767. The predicted octanol–water partition coefficient (Wildman–Crippen LogP) is 2.13. The maximum Gasteiger partial charge on any atom is 0.246 e. The molecule has 3 atom stereocenters. The highest BCUT2D eigenvalue weighted by Crippen LogP contribution is 2.23. The zero-order chi connectivity index (χ0) is 23.3. The van der Waals surface area contributed by atoms with E-state index in [0.29, 0.717) is 42.6 Å². The molecule has 2 fully saturated rings. The van der Waals surface area contributed by atoms with Crippen molar-refractivity contribution in [1.82, 2.24) is 14.7 Å². The van der Waals surface area contributed by atoms with Crippen LogP contribution in [0.3, 0.4) is 0 Å². The fourth-order valence-corrected chi connectivity index (χ4v) is 4.47. The van der Waals surface area contributed by atoms with Crippen molar-refractivity contribution in [3.8, 4) is 0 Å². The number of rotatable bonds is 6. The molecule has 1 aromatic rings. The van der Waals surface area contributed by atoms with Crippen LogP contribution in [0.2, 0.25) is 10.0 Å². The van der Waals surface area contributed by atoms with Crippen molar-refractivity contribution in [3.63, 3.8) is 0 Å². The predicted molar refractivity (Wildman–Crippen MR) is 126 cm³/mol. The summed E-state index contributed by atoms with van der Waals surface area (Å²) in [4.78, 5) is 30.6. The van der Waals surface area contributed by atoms with Gasteiger partial charge in [-0.25, -0.2) is 0 Å². The molecular formula is C23H31Cl2N3O4. The van der Waals surface area contributed by atoms with E-state index in [1.54, 1.807) is 34.1 Å². The van der Waals surface area contributed by atoms with Crippen molar-refractivity contribution in [2.45, 2.75) is 32.0 Å². The molecule has 2 saturated heterocycles. The van der Waals surface area contributed by atoms with E-state index in [4.69, 9.17) is 23.2 Å². The number of halogens is 2. The number of amides is 2. The molecule has 0 radical (unpaired) electrons. The van der Waals surface area contributed by atoms with Gasteiger partial charge in [-0.2, -0.15) is 0 Å². The first-order chi connectivity index (χ1) is 15.2. The van der Waals surface area contributed by atoms with Crippen LogP contribution in [0.25, 0.3) is 6.08 Å². The van der Waals surface area contributed by atoms with Crippen molar-refractivity contribution < 1.29 is 19.8 Å². The summed E-state index contributed by atoms with van der Waals surface area (Å²) >= 11 is 11.9. The van der Waals surface area contributed by atoms with Gasteiger partial charge < -0.3 is 24.9 Å². The number of aliphatic hydroxyl groups excluding tert-OH is 2. The average molecular weight is 484 g/mol. The molecule has 0 aliphatic carbocycles. The van der Waals surface area contributed by atoms with Crippen LogP contribution in [0, 0.1) is 5.92 Å². The third kappa shape index (κ3) is 6.93. The lowest BCUT2D eigenvalue weighted by Gasteiger charge is -2.36. The number of hydrogen-bond acceptors (Lipinski definition) is 5. The Bertz CT molecular complexity index is 851. The lowest BCUT2D eigenvalue weighted by atomic mass is 9.96. The van der Waals surface area contributed by atoms with Crippen LogP contribution in [0.4, 0.5) is 0 Å². The Labute approximate surface area is 199 Å². The summed E-state index contributed by atoms with van der Waals surface area (Å²) in [5.74, 6) is -0.0605. The quantitative estimate of drug-likeness (QED) is 0.605. The summed E-state index contributed by atoms with van der Waals surface area (Å²) in [6, 6.07) is 5.14. The second kappa shape index (κ2) is 11.5. The van der Waals surface area contributed by atoms with Crippen molar-refractivity contribution in [3.05, 3.63) is 39.9 Å². The molecule has 7 nitrogen and oxygen atoms in total. The van der Waals surface area contributed by atoms with Crippen LogP contribution >= 0.6 is 23.2 Å². The van der Waals surface area contributed by atoms with Crippen LogP contribution in [0.15, 0.2) is 24.3 Å². The third-order valence-electron chi connectivity index (χ3n) is 6.11. The summed E-state index contributed by atoms with van der Waals surface area (Å²) in [5, 5.41) is 21.3. The first-order valence-electron chi connectivity index (χ1n) is 11.0. The highest BCUT2D eigenvalue weighted by Gasteiger charge is 2.28. The Morgan fingerprint density at radius 3 is 2.69 bits per heavy atom. The normalized spacial score (nSPS) is 24.1. The molecule has 0 saturated carbocycles. The number of piperidine rings is 1. The maximum atomic E-state index is 12.6. The third-order valence-corrected chi connectivity index (χ3v) is 6.85. The molecule has 3 rings (SSSR count). The van der Waals surface area contributed by atoms with Gasteiger partial charge in [0.2, 0.25) is 11.8 Å². The van der Waals surface area contributed by atoms with Crippen LogP contribution in [-0.4, -0.2) is 94.7 Å². The van der Waals surface area contributed by atoms with Gasteiger partial charge in [-0.15, -0.1) is 0 Å². The summed E-state index contributed by atoms with van der Waals surface area (Å²) in [6.45, 7) is 5.33. The summed E-state index contributed by atoms with van der Waals surface area (Å²) in [7, 11) is 0. The van der Waals surface area contributed by atoms with Gasteiger partial charge in [-0.1, -0.05) is 36.2 Å². The smallest absolute Gasteiger partial charge is 0.246 e. The standard InChI is InChI=1S/C23H31Cl2N3O4/c1-16-13-26(8-6-21(16)30)14-18(29)15-28-11-10-27(9-7-23(28)32)22(31)5-3-17-2-4-19(24)20(25)12-17/h2-5,12,16,18,21,29-30H,6-11,13-15H2,1H3/b5-3+/t16-,18?,21-/m0/s1. The van der Waals surface area contributed by atoms with Gasteiger partial charge in [-0.05, 0) is 36.1 Å². The fourth-order valence-electron chi connectivity index (χ4n) is 4.16. The van der Waals surface area contributed by atoms with E-state index in [0.717, 1.165) is 18.7 Å². The van der Waals surface area contributed by atoms with E-state index >= 15 is 0 Å². The number of likely N-dealkylation sites (tertiary alicyclic amines) is 1. The second-order valence-corrected chi connectivity index (χ2v) is 9.48. The van der Waals surface area contributed by atoms with Gasteiger partial charge in [0.15, 0.2) is 0 Å². The van der Waals surface area contributed by atoms with Crippen molar-refractivity contribution in [2.24, 2.45) is 5.92 Å². The van der Waals surface area contributed by atoms with Crippen molar-refractivity contribution in [2.75, 3.05) is 45.8 Å². The molecule has 1 unspecified atom stereocenters. The molecule has 0 bridgehead atoms. The van der Waals surface area contributed by atoms with E-state index < -0.39 is 6.10 Å². The lowest BCUT2D eigenvalue weighted by molar-refractivity contribution is -0.132. The fraction of sp³-hybridized carbons (Fsp3) is 0.565. The number of carbonyl (C=O) groups excluding carboxylic acids is 2. The molecule has 32 heavy (non-hydrogen) atoms. The molecule has 0 spiro atoms. The van der Waals surface area contributed by atoms with Gasteiger partial charge in [-0.3, -0.25) is 9.59 Å². The van der Waals surface area contributed by atoms with Gasteiger partial charge in [0.05, 0.1) is 22.3 Å². The molecular weight excluding hydrogens is 453 g/mol. The van der Waals surface area contributed by atoms with E-state index in [1.807, 2.05) is 6.92 Å². The van der Waals surface area contributed by atoms with E-state index in [9.17, 15) is 19.8 Å². The number of aliphatic hydroxyl groups is 2. The highest BCUT2D eigenvalue weighted by atomic mass is 35.5. The molecule has 2 N–H and O–H groups in total. The summed E-state index contributed by atoms with van der Waals surface area (Å²) < 4.78 is 0. The molecule has 9 heteroatoms. The van der Waals surface area contributed by atoms with Crippen LogP contribution in [-0.2, 0) is 9.59 Å². The lowest BCUT2D eigenvalue weighted by Crippen LogP contribution is -2.48. The van der Waals surface area contributed by atoms with Gasteiger partial charge in [0.1, 0.15) is 0 Å². The number of nitrogens with zero attached hydrogens (tertiary/aromatic N) is 3. The number of carbonyl (C=O) groups is 2. The number of β-amino-alcohol motifs (C(OH)–C–C–N with tert-alkyl or cyclic N) is 1. The minimum atomic E-state index is -0.668. The van der Waals surface area contributed by atoms with Gasteiger partial charge >= 0.3 is 0 Å². The zero-order valence-electron chi connectivity index (χ0n) is 18.3. The molecule has 2 heterocycles. The Kier molecular flexibility index (Phi) is 8.96. The maximum absolute atomic E-state index is 12.6. The summed E-state index contributed by atoms with van der Waals surface area (Å²) in [6.07, 6.45) is 3.12. The SMILES string of the molecule is C[C@H]1CN(CC(O)CN2CCN(C(=O)/C=C/c3ccc(Cl)c(Cl)c3)CCC2=O)CC[C@@H]1O. The first-order valence-corrected chi connectivity index (χ1v) is 11.8. The van der Waals surface area contributed by atoms with Crippen LogP contribution < -0.4 is 0 Å². The number of hydrogen-bond donors (Lipinski definition) is 2. The average Bonchev–Trinajstić information content (AvgIpc) is 2.93. The minimum absolute atomic E-state index is 0.0600. The van der Waals surface area contributed by atoms with E-state index in [-0.39, 0.29) is 36.8 Å². The Hall–Kier alpha value is -1.64. The van der Waals surface area contributed by atoms with Crippen LogP contribution in [0.1, 0.15) is 25.3 Å². The Morgan fingerprint density at radius 1 is 1.19 bits per heavy atom. The van der Waals surface area contributed by atoms with Crippen LogP contribution in [0.5, 0.6) is 0 Å². The molecule has 2 amide bonds. The number of benzene rings is 1. The highest BCUT2D eigenvalue weighted by molar-refractivity contribution is 6.42. The Balaban J connectivity index is 1.50. The van der Waals surface area contributed by atoms with Crippen molar-refractivity contribution in [1.29, 1.82) is 0 Å². The topological polar surface area (TPSA) is 84.3 Å². The molecule has 2 aliphatic rings. The zero-order valence-corrected chi connectivity index (χ0v) is 19.8. The van der Waals surface area contributed by atoms with Gasteiger partial charge in [0.25, 0.3) is 0 Å². The first kappa shape index (κ1) is 25.0. The largest absolute Gasteiger partial charge is 0.393 e. The molecule has 2 aliphatic heterocycles. The van der Waals surface area contributed by atoms with Crippen molar-refractivity contribution >= 4 is 41.1 Å². The molecule has 0 aromatic heterocycles. The second-order valence-electron chi connectivity index (χ2n) is 8.67. The Morgan fingerprint density at radius 2 is 1.97 bits per heavy atom. The van der Waals surface area contributed by atoms with E-state index in [1.165, 1.54) is 6.08 Å². The minimum Gasteiger partial charge on any atom is -0.393 e. The monoisotopic (exact) mass is 483 g/mol. The molecule has 1 aromatic carbocycles.